The first kappa shape index (κ1) is 15.9. The fourth-order valence-electron chi connectivity index (χ4n) is 2.27. The number of Topliss-reactive ketones (excluding diaryl/α,β-unsaturated/α-hetero) is 1. The molecule has 0 saturated heterocycles. The van der Waals surface area contributed by atoms with E-state index in [4.69, 9.17) is 0 Å². The molecule has 0 aliphatic carbocycles. The molecular formula is C15H22O3S. The van der Waals surface area contributed by atoms with E-state index in [1.54, 1.807) is 0 Å². The molecule has 0 aliphatic heterocycles. The van der Waals surface area contributed by atoms with Gasteiger partial charge in [0.2, 0.25) is 0 Å². The van der Waals surface area contributed by atoms with Crippen molar-refractivity contribution in [2.45, 2.75) is 40.0 Å². The maximum atomic E-state index is 12.2. The number of hydrogen-bond acceptors (Lipinski definition) is 3. The number of carbonyl (C=O) groups is 1. The average molecular weight is 282 g/mol. The molecule has 4 heteroatoms. The summed E-state index contributed by atoms with van der Waals surface area (Å²) in [7, 11) is -3.29. The van der Waals surface area contributed by atoms with Gasteiger partial charge in [0.1, 0.15) is 5.75 Å². The molecule has 0 aromatic heterocycles. The number of hydrogen-bond donors (Lipinski definition) is 0. The Bertz CT molecular complexity index is 546. The van der Waals surface area contributed by atoms with Crippen LogP contribution >= 0.6 is 0 Å². The Morgan fingerprint density at radius 2 is 1.47 bits per heavy atom. The molecule has 0 heterocycles. The second-order valence-electron chi connectivity index (χ2n) is 4.84. The van der Waals surface area contributed by atoms with Gasteiger partial charge in [0.15, 0.2) is 15.6 Å². The first-order chi connectivity index (χ1) is 8.82. The molecule has 0 saturated carbocycles. The van der Waals surface area contributed by atoms with E-state index in [-0.39, 0.29) is 5.78 Å². The van der Waals surface area contributed by atoms with Crippen LogP contribution in [0, 0.1) is 0 Å². The molecule has 0 unspecified atom stereocenters. The van der Waals surface area contributed by atoms with E-state index in [9.17, 15) is 13.2 Å². The Morgan fingerprint density at radius 3 is 1.79 bits per heavy atom. The van der Waals surface area contributed by atoms with Crippen LogP contribution in [0.25, 0.3) is 0 Å². The van der Waals surface area contributed by atoms with Crippen molar-refractivity contribution in [1.29, 1.82) is 0 Å². The predicted molar refractivity (Wildman–Crippen MR) is 78.6 cm³/mol. The number of aryl methyl sites for hydroxylation is 3. The third-order valence-electron chi connectivity index (χ3n) is 3.20. The molecule has 0 radical (unpaired) electrons. The van der Waals surface area contributed by atoms with Crippen LogP contribution in [0.15, 0.2) is 12.1 Å². The lowest BCUT2D eigenvalue weighted by Gasteiger charge is -2.14. The lowest BCUT2D eigenvalue weighted by atomic mass is 9.91. The normalized spacial score (nSPS) is 11.6. The summed E-state index contributed by atoms with van der Waals surface area (Å²) in [5.74, 6) is -0.683. The SMILES string of the molecule is CCc1cc(CC)c(C(=O)CS(C)(=O)=O)c(CC)c1. The van der Waals surface area contributed by atoms with Crippen LogP contribution in [0.1, 0.15) is 47.8 Å². The van der Waals surface area contributed by atoms with Crippen LogP contribution in [-0.2, 0) is 29.1 Å². The highest BCUT2D eigenvalue weighted by Gasteiger charge is 2.19. The third-order valence-corrected chi connectivity index (χ3v) is 3.99. The first-order valence-electron chi connectivity index (χ1n) is 6.67. The lowest BCUT2D eigenvalue weighted by molar-refractivity contribution is 0.101. The lowest BCUT2D eigenvalue weighted by Crippen LogP contribution is -2.18. The zero-order chi connectivity index (χ0) is 14.6. The van der Waals surface area contributed by atoms with Crippen LogP contribution in [-0.4, -0.2) is 26.2 Å². The molecule has 0 atom stereocenters. The van der Waals surface area contributed by atoms with Crippen LogP contribution in [0.5, 0.6) is 0 Å². The van der Waals surface area contributed by atoms with E-state index in [1.807, 2.05) is 26.0 Å². The molecule has 1 rings (SSSR count). The van der Waals surface area contributed by atoms with E-state index < -0.39 is 15.6 Å². The fourth-order valence-corrected chi connectivity index (χ4v) is 2.89. The molecule has 106 valence electrons. The van der Waals surface area contributed by atoms with Crippen LogP contribution in [0.2, 0.25) is 0 Å². The molecule has 0 fully saturated rings. The Hall–Kier alpha value is -1.16. The Labute approximate surface area is 116 Å². The quantitative estimate of drug-likeness (QED) is 0.754. The largest absolute Gasteiger partial charge is 0.293 e. The van der Waals surface area contributed by atoms with Gasteiger partial charge >= 0.3 is 0 Å². The van der Waals surface area contributed by atoms with E-state index in [0.717, 1.165) is 36.6 Å². The van der Waals surface area contributed by atoms with Crippen molar-refractivity contribution in [1.82, 2.24) is 0 Å². The second-order valence-corrected chi connectivity index (χ2v) is 6.98. The van der Waals surface area contributed by atoms with E-state index in [1.165, 1.54) is 5.56 Å². The summed E-state index contributed by atoms with van der Waals surface area (Å²) in [6, 6.07) is 4.04. The highest BCUT2D eigenvalue weighted by Crippen LogP contribution is 2.21. The van der Waals surface area contributed by atoms with Gasteiger partial charge in [-0.1, -0.05) is 32.9 Å². The van der Waals surface area contributed by atoms with Gasteiger partial charge in [-0.15, -0.1) is 0 Å². The minimum absolute atomic E-state index is 0.279. The summed E-state index contributed by atoms with van der Waals surface area (Å²) in [5, 5.41) is 0. The number of rotatable bonds is 6. The second kappa shape index (κ2) is 6.33. The van der Waals surface area contributed by atoms with Crippen molar-refractivity contribution in [2.75, 3.05) is 12.0 Å². The molecule has 3 nitrogen and oxygen atoms in total. The topological polar surface area (TPSA) is 51.2 Å². The summed E-state index contributed by atoms with van der Waals surface area (Å²) >= 11 is 0. The van der Waals surface area contributed by atoms with Gasteiger partial charge in [0.05, 0.1) is 0 Å². The van der Waals surface area contributed by atoms with Crippen LogP contribution in [0.3, 0.4) is 0 Å². The molecule has 1 aromatic rings. The Kier molecular flexibility index (Phi) is 5.29. The number of benzene rings is 1. The minimum Gasteiger partial charge on any atom is -0.293 e. The summed E-state index contributed by atoms with van der Waals surface area (Å²) in [6.45, 7) is 6.06. The van der Waals surface area contributed by atoms with Crippen LogP contribution in [0.4, 0.5) is 0 Å². The molecule has 0 aliphatic rings. The zero-order valence-electron chi connectivity index (χ0n) is 12.1. The van der Waals surface area contributed by atoms with Gasteiger partial charge < -0.3 is 0 Å². The molecule has 0 bridgehead atoms. The van der Waals surface area contributed by atoms with E-state index in [2.05, 4.69) is 6.92 Å². The van der Waals surface area contributed by atoms with Gasteiger partial charge in [-0.2, -0.15) is 0 Å². The van der Waals surface area contributed by atoms with Crippen LogP contribution < -0.4 is 0 Å². The highest BCUT2D eigenvalue weighted by molar-refractivity contribution is 7.91. The number of carbonyl (C=O) groups excluding carboxylic acids is 1. The Balaban J connectivity index is 3.35. The zero-order valence-corrected chi connectivity index (χ0v) is 12.9. The maximum Gasteiger partial charge on any atom is 0.178 e. The first-order valence-corrected chi connectivity index (χ1v) is 8.74. The summed E-state index contributed by atoms with van der Waals surface area (Å²) in [6.07, 6.45) is 3.50. The molecule has 0 N–H and O–H groups in total. The summed E-state index contributed by atoms with van der Waals surface area (Å²) < 4.78 is 22.6. The molecule has 1 aromatic carbocycles. The van der Waals surface area contributed by atoms with Crippen molar-refractivity contribution >= 4 is 15.6 Å². The predicted octanol–water partition coefficient (Wildman–Crippen LogP) is 2.60. The van der Waals surface area contributed by atoms with Crippen molar-refractivity contribution in [2.24, 2.45) is 0 Å². The van der Waals surface area contributed by atoms with Gasteiger partial charge in [0.25, 0.3) is 0 Å². The smallest absolute Gasteiger partial charge is 0.178 e. The van der Waals surface area contributed by atoms with Gasteiger partial charge in [-0.25, -0.2) is 8.42 Å². The average Bonchev–Trinajstić information content (AvgIpc) is 2.34. The summed E-state index contributed by atoms with van der Waals surface area (Å²) in [4.78, 5) is 12.2. The third kappa shape index (κ3) is 4.16. The maximum absolute atomic E-state index is 12.2. The minimum atomic E-state index is -3.29. The van der Waals surface area contributed by atoms with E-state index >= 15 is 0 Å². The molecular weight excluding hydrogens is 260 g/mol. The van der Waals surface area contributed by atoms with Gasteiger partial charge in [0, 0.05) is 11.8 Å². The summed E-state index contributed by atoms with van der Waals surface area (Å²) in [5.41, 5.74) is 3.74. The standard InChI is InChI=1S/C15H22O3S/c1-5-11-8-12(6-2)15(13(7-3)9-11)14(16)10-19(4,17)18/h8-9H,5-7,10H2,1-4H3. The van der Waals surface area contributed by atoms with Gasteiger partial charge in [-0.3, -0.25) is 4.79 Å². The molecule has 19 heavy (non-hydrogen) atoms. The van der Waals surface area contributed by atoms with E-state index in [0.29, 0.717) is 5.56 Å². The van der Waals surface area contributed by atoms with Gasteiger partial charge in [-0.05, 0) is 36.0 Å². The van der Waals surface area contributed by atoms with Crippen molar-refractivity contribution < 1.29 is 13.2 Å². The molecule has 0 spiro atoms. The van der Waals surface area contributed by atoms with Crippen molar-refractivity contribution in [3.8, 4) is 0 Å². The van der Waals surface area contributed by atoms with Crippen molar-refractivity contribution in [3.63, 3.8) is 0 Å². The number of ketones is 1. The highest BCUT2D eigenvalue weighted by atomic mass is 32.2. The molecule has 0 amide bonds. The fraction of sp³-hybridized carbons (Fsp3) is 0.533. The monoisotopic (exact) mass is 282 g/mol. The number of sulfone groups is 1. The Morgan fingerprint density at radius 1 is 1.00 bits per heavy atom. The van der Waals surface area contributed by atoms with Crippen molar-refractivity contribution in [3.05, 3.63) is 34.4 Å².